The smallest absolute Gasteiger partial charge is 0.335 e. The molecule has 0 aromatic carbocycles. The van der Waals surface area contributed by atoms with Crippen LogP contribution >= 0.6 is 0 Å². The zero-order valence-electron chi connectivity index (χ0n) is 14.9. The summed E-state index contributed by atoms with van der Waals surface area (Å²) in [4.78, 5) is 22.6. The third kappa shape index (κ3) is 11.1. The van der Waals surface area contributed by atoms with Gasteiger partial charge in [-0.3, -0.25) is 4.79 Å². The second kappa shape index (κ2) is 13.3. The van der Waals surface area contributed by atoms with E-state index in [0.29, 0.717) is 18.6 Å². The van der Waals surface area contributed by atoms with E-state index in [0.717, 1.165) is 51.4 Å². The van der Waals surface area contributed by atoms with Gasteiger partial charge in [-0.2, -0.15) is 0 Å². The van der Waals surface area contributed by atoms with Crippen molar-refractivity contribution in [3.05, 3.63) is 12.2 Å². The SMILES string of the molecule is CCCCC(=O)CCCCCC/C=C/C[C@@](O)(CCC)C(=O)O. The van der Waals surface area contributed by atoms with Gasteiger partial charge in [-0.1, -0.05) is 51.7 Å². The Morgan fingerprint density at radius 1 is 0.913 bits per heavy atom. The molecule has 0 fully saturated rings. The van der Waals surface area contributed by atoms with Crippen molar-refractivity contribution >= 4 is 11.8 Å². The van der Waals surface area contributed by atoms with E-state index < -0.39 is 11.6 Å². The van der Waals surface area contributed by atoms with Gasteiger partial charge >= 0.3 is 5.97 Å². The molecule has 0 rings (SSSR count). The van der Waals surface area contributed by atoms with Gasteiger partial charge in [0.05, 0.1) is 0 Å². The summed E-state index contributed by atoms with van der Waals surface area (Å²) in [7, 11) is 0. The highest BCUT2D eigenvalue weighted by molar-refractivity contribution is 5.78. The minimum absolute atomic E-state index is 0.169. The van der Waals surface area contributed by atoms with E-state index >= 15 is 0 Å². The Labute approximate surface area is 141 Å². The van der Waals surface area contributed by atoms with E-state index in [4.69, 9.17) is 5.11 Å². The molecule has 0 spiro atoms. The molecule has 134 valence electrons. The first-order chi connectivity index (χ1) is 11.0. The molecule has 0 aromatic heterocycles. The highest BCUT2D eigenvalue weighted by atomic mass is 16.4. The Bertz CT molecular complexity index is 362. The van der Waals surface area contributed by atoms with Gasteiger partial charge in [0, 0.05) is 19.3 Å². The van der Waals surface area contributed by atoms with Crippen LogP contribution in [0, 0.1) is 0 Å². The van der Waals surface area contributed by atoms with Crippen molar-refractivity contribution in [2.24, 2.45) is 0 Å². The van der Waals surface area contributed by atoms with E-state index in [-0.39, 0.29) is 12.8 Å². The topological polar surface area (TPSA) is 74.6 Å². The predicted molar refractivity (Wildman–Crippen MR) is 93.5 cm³/mol. The molecule has 2 N–H and O–H groups in total. The maximum absolute atomic E-state index is 11.5. The normalized spacial score (nSPS) is 14.0. The number of Topliss-reactive ketones (excluding diaryl/α,β-unsaturated/α-hetero) is 1. The van der Waals surface area contributed by atoms with E-state index in [9.17, 15) is 14.7 Å². The first-order valence-electron chi connectivity index (χ1n) is 9.08. The Balaban J connectivity index is 3.68. The number of ketones is 1. The molecule has 0 heterocycles. The summed E-state index contributed by atoms with van der Waals surface area (Å²) in [6.45, 7) is 3.96. The highest BCUT2D eigenvalue weighted by Gasteiger charge is 2.33. The zero-order chi connectivity index (χ0) is 17.6. The van der Waals surface area contributed by atoms with Crippen molar-refractivity contribution in [3.8, 4) is 0 Å². The quantitative estimate of drug-likeness (QED) is 0.339. The average molecular weight is 326 g/mol. The Morgan fingerprint density at radius 3 is 2.17 bits per heavy atom. The van der Waals surface area contributed by atoms with Crippen LogP contribution in [0.1, 0.15) is 90.9 Å². The van der Waals surface area contributed by atoms with Gasteiger partial charge in [-0.05, 0) is 32.1 Å². The van der Waals surface area contributed by atoms with Crippen molar-refractivity contribution in [1.29, 1.82) is 0 Å². The minimum atomic E-state index is -1.62. The molecular weight excluding hydrogens is 292 g/mol. The van der Waals surface area contributed by atoms with Crippen molar-refractivity contribution in [2.75, 3.05) is 0 Å². The summed E-state index contributed by atoms with van der Waals surface area (Å²) in [5, 5.41) is 19.0. The monoisotopic (exact) mass is 326 g/mol. The number of carbonyl (C=O) groups is 2. The third-order valence-corrected chi connectivity index (χ3v) is 4.07. The maximum Gasteiger partial charge on any atom is 0.335 e. The molecule has 0 aromatic rings. The fraction of sp³-hybridized carbons (Fsp3) is 0.789. The van der Waals surface area contributed by atoms with Crippen LogP contribution in [0.25, 0.3) is 0 Å². The van der Waals surface area contributed by atoms with Gasteiger partial charge in [0.2, 0.25) is 0 Å². The number of rotatable bonds is 15. The van der Waals surface area contributed by atoms with E-state index in [1.54, 1.807) is 6.08 Å². The summed E-state index contributed by atoms with van der Waals surface area (Å²) in [5.74, 6) is -0.757. The lowest BCUT2D eigenvalue weighted by Crippen LogP contribution is -2.37. The van der Waals surface area contributed by atoms with E-state index in [1.807, 2.05) is 13.0 Å². The third-order valence-electron chi connectivity index (χ3n) is 4.07. The van der Waals surface area contributed by atoms with Crippen LogP contribution in [0.15, 0.2) is 12.2 Å². The minimum Gasteiger partial charge on any atom is -0.479 e. The number of carboxylic acid groups (broad SMARTS) is 1. The van der Waals surface area contributed by atoms with Crippen molar-refractivity contribution in [2.45, 2.75) is 96.5 Å². The second-order valence-corrected chi connectivity index (χ2v) is 6.36. The largest absolute Gasteiger partial charge is 0.479 e. The van der Waals surface area contributed by atoms with Crippen LogP contribution in [0.5, 0.6) is 0 Å². The van der Waals surface area contributed by atoms with Crippen molar-refractivity contribution in [3.63, 3.8) is 0 Å². The summed E-state index contributed by atoms with van der Waals surface area (Å²) >= 11 is 0. The number of unbranched alkanes of at least 4 members (excludes halogenated alkanes) is 5. The molecule has 1 atom stereocenters. The summed E-state index contributed by atoms with van der Waals surface area (Å²) < 4.78 is 0. The van der Waals surface area contributed by atoms with Crippen LogP contribution in [0.3, 0.4) is 0 Å². The van der Waals surface area contributed by atoms with Gasteiger partial charge in [0.15, 0.2) is 5.60 Å². The number of carboxylic acids is 1. The van der Waals surface area contributed by atoms with Crippen LogP contribution in [-0.4, -0.2) is 27.6 Å². The maximum atomic E-state index is 11.5. The van der Waals surface area contributed by atoms with E-state index in [1.165, 1.54) is 0 Å². The Morgan fingerprint density at radius 2 is 1.57 bits per heavy atom. The van der Waals surface area contributed by atoms with Crippen molar-refractivity contribution < 1.29 is 19.8 Å². The number of hydrogen-bond donors (Lipinski definition) is 2. The van der Waals surface area contributed by atoms with Crippen LogP contribution in [0.2, 0.25) is 0 Å². The summed E-state index contributed by atoms with van der Waals surface area (Å²) in [6, 6.07) is 0. The second-order valence-electron chi connectivity index (χ2n) is 6.36. The van der Waals surface area contributed by atoms with Gasteiger partial charge in [0.25, 0.3) is 0 Å². The van der Waals surface area contributed by atoms with Crippen LogP contribution in [-0.2, 0) is 9.59 Å². The molecule has 0 saturated heterocycles. The average Bonchev–Trinajstić information content (AvgIpc) is 2.51. The van der Waals surface area contributed by atoms with Gasteiger partial charge < -0.3 is 10.2 Å². The van der Waals surface area contributed by atoms with Gasteiger partial charge in [-0.25, -0.2) is 4.79 Å². The Hall–Kier alpha value is -1.16. The lowest BCUT2D eigenvalue weighted by molar-refractivity contribution is -0.158. The van der Waals surface area contributed by atoms with Crippen LogP contribution < -0.4 is 0 Å². The molecule has 0 unspecified atom stereocenters. The molecule has 0 aliphatic carbocycles. The molecule has 0 aliphatic rings. The number of allylic oxidation sites excluding steroid dienone is 1. The molecule has 23 heavy (non-hydrogen) atoms. The number of hydrogen-bond acceptors (Lipinski definition) is 3. The first-order valence-corrected chi connectivity index (χ1v) is 9.08. The zero-order valence-corrected chi connectivity index (χ0v) is 14.9. The molecule has 4 heteroatoms. The molecular formula is C19H34O4. The highest BCUT2D eigenvalue weighted by Crippen LogP contribution is 2.19. The molecule has 0 radical (unpaired) electrons. The lowest BCUT2D eigenvalue weighted by Gasteiger charge is -2.20. The Kier molecular flexibility index (Phi) is 12.6. The summed E-state index contributed by atoms with van der Waals surface area (Å²) in [6.07, 6.45) is 13.4. The molecule has 0 aliphatic heterocycles. The van der Waals surface area contributed by atoms with Gasteiger partial charge in [-0.15, -0.1) is 0 Å². The molecule has 0 saturated carbocycles. The molecule has 0 bridgehead atoms. The molecule has 0 amide bonds. The fourth-order valence-electron chi connectivity index (χ4n) is 2.54. The number of aliphatic carboxylic acids is 1. The lowest BCUT2D eigenvalue weighted by atomic mass is 9.94. The fourth-order valence-corrected chi connectivity index (χ4v) is 2.54. The molecule has 4 nitrogen and oxygen atoms in total. The first kappa shape index (κ1) is 21.8. The standard InChI is InChI=1S/C19H34O4/c1-3-5-13-17(20)14-11-9-7-6-8-10-12-16-19(23,15-4-2)18(21)22/h10,12,23H,3-9,11,13-16H2,1-2H3,(H,21,22)/b12-10+/t19-/m0/s1. The summed E-state index contributed by atoms with van der Waals surface area (Å²) in [5.41, 5.74) is -1.62. The van der Waals surface area contributed by atoms with Crippen LogP contribution in [0.4, 0.5) is 0 Å². The van der Waals surface area contributed by atoms with Crippen molar-refractivity contribution in [1.82, 2.24) is 0 Å². The van der Waals surface area contributed by atoms with Gasteiger partial charge in [0.1, 0.15) is 5.78 Å². The number of carbonyl (C=O) groups excluding carboxylic acids is 1. The number of aliphatic hydroxyl groups is 1. The van der Waals surface area contributed by atoms with E-state index in [2.05, 4.69) is 6.92 Å². The predicted octanol–water partition coefficient (Wildman–Crippen LogP) is 4.65.